The van der Waals surface area contributed by atoms with Gasteiger partial charge in [0.05, 0.1) is 6.10 Å². The van der Waals surface area contributed by atoms with Crippen molar-refractivity contribution in [2.45, 2.75) is 32.8 Å². The molecule has 1 aliphatic rings. The summed E-state index contributed by atoms with van der Waals surface area (Å²) in [5.74, 6) is 0.753. The molecule has 0 spiro atoms. The molecule has 0 atom stereocenters. The highest BCUT2D eigenvalue weighted by molar-refractivity contribution is 5.77. The molecule has 4 nitrogen and oxygen atoms in total. The summed E-state index contributed by atoms with van der Waals surface area (Å²) in [5.41, 5.74) is 2.23. The van der Waals surface area contributed by atoms with Crippen molar-refractivity contribution >= 4 is 5.91 Å². The third kappa shape index (κ3) is 3.70. The van der Waals surface area contributed by atoms with Gasteiger partial charge in [-0.25, -0.2) is 0 Å². The molecule has 4 heteroatoms. The molecule has 1 heterocycles. The number of rotatable bonds is 3. The quantitative estimate of drug-likeness (QED) is 0.902. The van der Waals surface area contributed by atoms with E-state index in [1.807, 2.05) is 32.0 Å². The second kappa shape index (κ2) is 6.06. The van der Waals surface area contributed by atoms with Crippen LogP contribution in [0.5, 0.6) is 5.75 Å². The number of hydrogen-bond acceptors (Lipinski definition) is 3. The molecule has 1 saturated heterocycles. The monoisotopic (exact) mass is 263 g/mol. The summed E-state index contributed by atoms with van der Waals surface area (Å²) in [4.78, 5) is 13.7. The number of carbonyl (C=O) groups excluding carboxylic acids is 1. The van der Waals surface area contributed by atoms with Crippen LogP contribution in [0, 0.1) is 13.8 Å². The van der Waals surface area contributed by atoms with Crippen molar-refractivity contribution in [1.29, 1.82) is 0 Å². The van der Waals surface area contributed by atoms with Crippen molar-refractivity contribution in [2.24, 2.45) is 0 Å². The number of benzene rings is 1. The number of likely N-dealkylation sites (tertiary alicyclic amines) is 1. The predicted molar refractivity (Wildman–Crippen MR) is 73.2 cm³/mol. The van der Waals surface area contributed by atoms with E-state index in [9.17, 15) is 9.90 Å². The molecule has 0 saturated carbocycles. The summed E-state index contributed by atoms with van der Waals surface area (Å²) in [5, 5.41) is 9.41. The number of amides is 1. The minimum atomic E-state index is -0.260. The number of carbonyl (C=O) groups is 1. The molecule has 1 aromatic carbocycles. The zero-order valence-corrected chi connectivity index (χ0v) is 11.6. The zero-order chi connectivity index (χ0) is 13.8. The number of nitrogens with zero attached hydrogens (tertiary/aromatic N) is 1. The second-order valence-electron chi connectivity index (χ2n) is 5.17. The number of hydrogen-bond donors (Lipinski definition) is 1. The first kappa shape index (κ1) is 13.9. The first-order valence-electron chi connectivity index (χ1n) is 6.72. The first-order chi connectivity index (χ1) is 9.06. The van der Waals surface area contributed by atoms with Crippen LogP contribution in [0.15, 0.2) is 18.2 Å². The van der Waals surface area contributed by atoms with Crippen molar-refractivity contribution in [3.63, 3.8) is 0 Å². The molecule has 1 fully saturated rings. The largest absolute Gasteiger partial charge is 0.484 e. The van der Waals surface area contributed by atoms with Gasteiger partial charge in [0.15, 0.2) is 6.61 Å². The standard InChI is InChI=1S/C15H21NO3/c1-11-3-4-14(12(2)9-11)19-10-15(18)16-7-5-13(17)6-8-16/h3-4,9,13,17H,5-8,10H2,1-2H3. The van der Waals surface area contributed by atoms with Gasteiger partial charge in [-0.1, -0.05) is 17.7 Å². The molecule has 1 aliphatic heterocycles. The minimum absolute atomic E-state index is 0.00752. The van der Waals surface area contributed by atoms with Crippen LogP contribution in [0.25, 0.3) is 0 Å². The van der Waals surface area contributed by atoms with Crippen LogP contribution in [0.1, 0.15) is 24.0 Å². The van der Waals surface area contributed by atoms with Gasteiger partial charge < -0.3 is 14.7 Å². The number of aliphatic hydroxyl groups excluding tert-OH is 1. The number of ether oxygens (including phenoxy) is 1. The van der Waals surface area contributed by atoms with Crippen LogP contribution in [0.4, 0.5) is 0 Å². The highest BCUT2D eigenvalue weighted by Gasteiger charge is 2.21. The topological polar surface area (TPSA) is 49.8 Å². The SMILES string of the molecule is Cc1ccc(OCC(=O)N2CCC(O)CC2)c(C)c1. The minimum Gasteiger partial charge on any atom is -0.484 e. The summed E-state index contributed by atoms with van der Waals surface area (Å²) in [6.45, 7) is 5.32. The van der Waals surface area contributed by atoms with Crippen LogP contribution >= 0.6 is 0 Å². The fourth-order valence-corrected chi connectivity index (χ4v) is 2.31. The van der Waals surface area contributed by atoms with Crippen LogP contribution in [-0.2, 0) is 4.79 Å². The molecule has 19 heavy (non-hydrogen) atoms. The van der Waals surface area contributed by atoms with Crippen molar-refractivity contribution in [3.05, 3.63) is 29.3 Å². The lowest BCUT2D eigenvalue weighted by molar-refractivity contribution is -0.135. The van der Waals surface area contributed by atoms with E-state index in [2.05, 4.69) is 0 Å². The predicted octanol–water partition coefficient (Wildman–Crippen LogP) is 1.67. The Bertz CT molecular complexity index is 451. The van der Waals surface area contributed by atoms with Gasteiger partial charge in [-0.15, -0.1) is 0 Å². The zero-order valence-electron chi connectivity index (χ0n) is 11.6. The highest BCUT2D eigenvalue weighted by Crippen LogP contribution is 2.19. The van der Waals surface area contributed by atoms with Gasteiger partial charge >= 0.3 is 0 Å². The molecule has 0 radical (unpaired) electrons. The lowest BCUT2D eigenvalue weighted by Gasteiger charge is -2.29. The van der Waals surface area contributed by atoms with Gasteiger partial charge in [-0.05, 0) is 38.3 Å². The van der Waals surface area contributed by atoms with Gasteiger partial charge in [0.25, 0.3) is 5.91 Å². The Kier molecular flexibility index (Phi) is 4.43. The molecule has 1 amide bonds. The lowest BCUT2D eigenvalue weighted by Crippen LogP contribution is -2.42. The number of aliphatic hydroxyl groups is 1. The average Bonchev–Trinajstić information content (AvgIpc) is 2.38. The van der Waals surface area contributed by atoms with E-state index in [-0.39, 0.29) is 18.6 Å². The molecule has 104 valence electrons. The maximum atomic E-state index is 12.0. The van der Waals surface area contributed by atoms with E-state index >= 15 is 0 Å². The fourth-order valence-electron chi connectivity index (χ4n) is 2.31. The molecule has 0 aromatic heterocycles. The van der Waals surface area contributed by atoms with E-state index in [4.69, 9.17) is 4.74 Å². The fraction of sp³-hybridized carbons (Fsp3) is 0.533. The summed E-state index contributed by atoms with van der Waals surface area (Å²) >= 11 is 0. The smallest absolute Gasteiger partial charge is 0.260 e. The normalized spacial score (nSPS) is 16.5. The molecular formula is C15H21NO3. The van der Waals surface area contributed by atoms with Gasteiger partial charge in [0.2, 0.25) is 0 Å². The van der Waals surface area contributed by atoms with E-state index in [1.54, 1.807) is 4.90 Å². The van der Waals surface area contributed by atoms with Gasteiger partial charge in [-0.3, -0.25) is 4.79 Å². The van der Waals surface area contributed by atoms with E-state index in [0.29, 0.717) is 25.9 Å². The maximum absolute atomic E-state index is 12.0. The Morgan fingerprint density at radius 3 is 2.68 bits per heavy atom. The summed E-state index contributed by atoms with van der Waals surface area (Å²) < 4.78 is 5.58. The molecule has 0 aliphatic carbocycles. The summed E-state index contributed by atoms with van der Waals surface area (Å²) in [7, 11) is 0. The third-order valence-corrected chi connectivity index (χ3v) is 3.50. The molecule has 2 rings (SSSR count). The molecule has 0 unspecified atom stereocenters. The Morgan fingerprint density at radius 2 is 2.05 bits per heavy atom. The van der Waals surface area contributed by atoms with Gasteiger partial charge in [0, 0.05) is 13.1 Å². The van der Waals surface area contributed by atoms with Crippen LogP contribution in [0.2, 0.25) is 0 Å². The third-order valence-electron chi connectivity index (χ3n) is 3.50. The second-order valence-corrected chi connectivity index (χ2v) is 5.17. The van der Waals surface area contributed by atoms with Gasteiger partial charge in [0.1, 0.15) is 5.75 Å². The Morgan fingerprint density at radius 1 is 1.37 bits per heavy atom. The van der Waals surface area contributed by atoms with E-state index < -0.39 is 0 Å². The summed E-state index contributed by atoms with van der Waals surface area (Å²) in [6, 6.07) is 5.92. The van der Waals surface area contributed by atoms with Crippen molar-refractivity contribution < 1.29 is 14.6 Å². The first-order valence-corrected chi connectivity index (χ1v) is 6.72. The van der Waals surface area contributed by atoms with Crippen LogP contribution in [-0.4, -0.2) is 41.7 Å². The van der Waals surface area contributed by atoms with Crippen molar-refractivity contribution in [1.82, 2.24) is 4.90 Å². The van der Waals surface area contributed by atoms with Crippen molar-refractivity contribution in [2.75, 3.05) is 19.7 Å². The van der Waals surface area contributed by atoms with Crippen molar-refractivity contribution in [3.8, 4) is 5.75 Å². The molecule has 1 N–H and O–H groups in total. The Labute approximate surface area is 114 Å². The van der Waals surface area contributed by atoms with Crippen LogP contribution in [0.3, 0.4) is 0 Å². The van der Waals surface area contributed by atoms with E-state index in [0.717, 1.165) is 11.3 Å². The van der Waals surface area contributed by atoms with Gasteiger partial charge in [-0.2, -0.15) is 0 Å². The number of piperidine rings is 1. The Hall–Kier alpha value is -1.55. The molecule has 0 bridgehead atoms. The van der Waals surface area contributed by atoms with E-state index in [1.165, 1.54) is 5.56 Å². The summed E-state index contributed by atoms with van der Waals surface area (Å²) in [6.07, 6.45) is 1.06. The maximum Gasteiger partial charge on any atom is 0.260 e. The average molecular weight is 263 g/mol. The number of aryl methyl sites for hydroxylation is 2. The Balaban J connectivity index is 1.86. The molecule has 1 aromatic rings. The molecular weight excluding hydrogens is 242 g/mol. The van der Waals surface area contributed by atoms with Crippen LogP contribution < -0.4 is 4.74 Å². The lowest BCUT2D eigenvalue weighted by atomic mass is 10.1. The highest BCUT2D eigenvalue weighted by atomic mass is 16.5.